The molecule has 144 valence electrons. The summed E-state index contributed by atoms with van der Waals surface area (Å²) in [4.78, 5) is 26.0. The summed E-state index contributed by atoms with van der Waals surface area (Å²) in [6, 6.07) is 5.56. The average Bonchev–Trinajstić information content (AvgIpc) is 3.02. The summed E-state index contributed by atoms with van der Waals surface area (Å²) in [7, 11) is 1.58. The molecule has 0 spiro atoms. The number of hydrogen-bond donors (Lipinski definition) is 2. The molecule has 1 saturated heterocycles. The minimum absolute atomic E-state index is 0. The van der Waals surface area contributed by atoms with Gasteiger partial charge in [-0.2, -0.15) is 0 Å². The molecular weight excluding hydrogens is 354 g/mol. The highest BCUT2D eigenvalue weighted by atomic mass is 35.5. The Balaban J connectivity index is 0.00000243. The molecule has 0 radical (unpaired) electrons. The van der Waals surface area contributed by atoms with Gasteiger partial charge in [0.15, 0.2) is 0 Å². The molecule has 2 fully saturated rings. The maximum absolute atomic E-state index is 12.3. The number of methoxy groups -OCH3 is 1. The summed E-state index contributed by atoms with van der Waals surface area (Å²) in [6.45, 7) is 0.709. The molecule has 3 rings (SSSR count). The van der Waals surface area contributed by atoms with Crippen LogP contribution >= 0.6 is 12.4 Å². The van der Waals surface area contributed by atoms with Gasteiger partial charge in [-0.3, -0.25) is 9.59 Å². The molecule has 6 nitrogen and oxygen atoms in total. The normalized spacial score (nSPS) is 22.7. The second-order valence-electron chi connectivity index (χ2n) is 7.00. The molecule has 1 aliphatic heterocycles. The maximum atomic E-state index is 12.3. The van der Waals surface area contributed by atoms with Gasteiger partial charge in [0.1, 0.15) is 5.75 Å². The second kappa shape index (κ2) is 9.24. The first-order valence-electron chi connectivity index (χ1n) is 9.12. The molecule has 1 heterocycles. The molecule has 1 aromatic carbocycles. The van der Waals surface area contributed by atoms with Gasteiger partial charge in [-0.1, -0.05) is 12.8 Å². The van der Waals surface area contributed by atoms with Crippen LogP contribution in [-0.4, -0.2) is 31.5 Å². The number of nitrogens with one attached hydrogen (secondary N) is 1. The molecule has 2 atom stereocenters. The van der Waals surface area contributed by atoms with Gasteiger partial charge in [0.2, 0.25) is 11.8 Å². The standard InChI is InChI=1S/C19H27N3O3.ClH/c1-25-17-12-14(8-9-16(17)22-10-4-7-19(22)24)21-18(23)11-13-5-2-3-6-15(13)20;/h8-9,12-13,15H,2-7,10-11,20H2,1H3,(H,21,23);1H. The summed E-state index contributed by atoms with van der Waals surface area (Å²) in [5.41, 5.74) is 7.58. The van der Waals surface area contributed by atoms with E-state index in [1.807, 2.05) is 12.1 Å². The summed E-state index contributed by atoms with van der Waals surface area (Å²) < 4.78 is 5.43. The first-order valence-corrected chi connectivity index (χ1v) is 9.12. The van der Waals surface area contributed by atoms with Gasteiger partial charge < -0.3 is 20.7 Å². The van der Waals surface area contributed by atoms with Crippen LogP contribution in [-0.2, 0) is 9.59 Å². The summed E-state index contributed by atoms with van der Waals surface area (Å²) in [5.74, 6) is 0.954. The largest absolute Gasteiger partial charge is 0.494 e. The fourth-order valence-corrected chi connectivity index (χ4v) is 3.82. The quantitative estimate of drug-likeness (QED) is 0.820. The van der Waals surface area contributed by atoms with Crippen LogP contribution in [0, 0.1) is 5.92 Å². The van der Waals surface area contributed by atoms with E-state index < -0.39 is 0 Å². The molecule has 2 aliphatic rings. The zero-order valence-corrected chi connectivity index (χ0v) is 16.0. The van der Waals surface area contributed by atoms with Gasteiger partial charge in [0.05, 0.1) is 12.8 Å². The van der Waals surface area contributed by atoms with E-state index in [0.29, 0.717) is 30.8 Å². The molecule has 7 heteroatoms. The molecule has 1 saturated carbocycles. The van der Waals surface area contributed by atoms with Gasteiger partial charge in [-0.05, 0) is 37.3 Å². The third-order valence-corrected chi connectivity index (χ3v) is 5.24. The summed E-state index contributed by atoms with van der Waals surface area (Å²) in [5, 5.41) is 2.94. The van der Waals surface area contributed by atoms with Crippen molar-refractivity contribution in [1.29, 1.82) is 0 Å². The molecule has 0 aromatic heterocycles. The number of halogens is 1. The Bertz CT molecular complexity index is 653. The molecule has 0 bridgehead atoms. The van der Waals surface area contributed by atoms with Crippen molar-refractivity contribution in [3.63, 3.8) is 0 Å². The van der Waals surface area contributed by atoms with Crippen molar-refractivity contribution in [3.8, 4) is 5.75 Å². The predicted molar refractivity (Wildman–Crippen MR) is 105 cm³/mol. The fourth-order valence-electron chi connectivity index (χ4n) is 3.82. The minimum Gasteiger partial charge on any atom is -0.494 e. The third kappa shape index (κ3) is 4.68. The topological polar surface area (TPSA) is 84.7 Å². The van der Waals surface area contributed by atoms with Crippen LogP contribution in [0.1, 0.15) is 44.9 Å². The molecule has 2 unspecified atom stereocenters. The lowest BCUT2D eigenvalue weighted by molar-refractivity contribution is -0.118. The number of carbonyl (C=O) groups excluding carboxylic acids is 2. The monoisotopic (exact) mass is 381 g/mol. The number of anilines is 2. The smallest absolute Gasteiger partial charge is 0.227 e. The first-order chi connectivity index (χ1) is 12.1. The number of nitrogens with two attached hydrogens (primary N) is 1. The Morgan fingerprint density at radius 2 is 2.08 bits per heavy atom. The van der Waals surface area contributed by atoms with Gasteiger partial charge in [0.25, 0.3) is 0 Å². The highest BCUT2D eigenvalue weighted by molar-refractivity contribution is 5.98. The second-order valence-corrected chi connectivity index (χ2v) is 7.00. The van der Waals surface area contributed by atoms with Gasteiger partial charge in [-0.15, -0.1) is 12.4 Å². The van der Waals surface area contributed by atoms with Crippen molar-refractivity contribution >= 4 is 35.6 Å². The van der Waals surface area contributed by atoms with Crippen molar-refractivity contribution in [2.75, 3.05) is 23.9 Å². The van der Waals surface area contributed by atoms with Crippen LogP contribution in [0.5, 0.6) is 5.75 Å². The first kappa shape index (κ1) is 20.5. The number of hydrogen-bond acceptors (Lipinski definition) is 4. The highest BCUT2D eigenvalue weighted by Crippen LogP contribution is 2.34. The van der Waals surface area contributed by atoms with Crippen molar-refractivity contribution < 1.29 is 14.3 Å². The Morgan fingerprint density at radius 3 is 2.73 bits per heavy atom. The Hall–Kier alpha value is -1.79. The van der Waals surface area contributed by atoms with Crippen LogP contribution < -0.4 is 20.7 Å². The van der Waals surface area contributed by atoms with Gasteiger partial charge >= 0.3 is 0 Å². The predicted octanol–water partition coefficient (Wildman–Crippen LogP) is 3.09. The van der Waals surface area contributed by atoms with Crippen LogP contribution in [0.3, 0.4) is 0 Å². The number of amides is 2. The molecule has 3 N–H and O–H groups in total. The number of carbonyl (C=O) groups is 2. The molecule has 26 heavy (non-hydrogen) atoms. The van der Waals surface area contributed by atoms with E-state index in [-0.39, 0.29) is 36.2 Å². The van der Waals surface area contributed by atoms with E-state index in [9.17, 15) is 9.59 Å². The van der Waals surface area contributed by atoms with E-state index in [2.05, 4.69) is 5.32 Å². The van der Waals surface area contributed by atoms with Crippen molar-refractivity contribution in [2.45, 2.75) is 51.0 Å². The van der Waals surface area contributed by atoms with E-state index in [1.165, 1.54) is 0 Å². The zero-order chi connectivity index (χ0) is 17.8. The SMILES string of the molecule is COc1cc(NC(=O)CC2CCCCC2N)ccc1N1CCCC1=O.Cl. The average molecular weight is 382 g/mol. The minimum atomic E-state index is -0.0191. The van der Waals surface area contributed by atoms with Gasteiger partial charge in [-0.25, -0.2) is 0 Å². The number of ether oxygens (including phenoxy) is 1. The molecule has 1 aromatic rings. The Labute approximate surface area is 160 Å². The zero-order valence-electron chi connectivity index (χ0n) is 15.2. The van der Waals surface area contributed by atoms with Crippen molar-refractivity contribution in [1.82, 2.24) is 0 Å². The van der Waals surface area contributed by atoms with Crippen LogP contribution in [0.25, 0.3) is 0 Å². The van der Waals surface area contributed by atoms with Crippen LogP contribution in [0.2, 0.25) is 0 Å². The lowest BCUT2D eigenvalue weighted by Crippen LogP contribution is -2.35. The molecule has 1 aliphatic carbocycles. The lowest BCUT2D eigenvalue weighted by Gasteiger charge is -2.28. The van der Waals surface area contributed by atoms with E-state index in [0.717, 1.165) is 37.8 Å². The van der Waals surface area contributed by atoms with Crippen LogP contribution in [0.4, 0.5) is 11.4 Å². The fraction of sp³-hybridized carbons (Fsp3) is 0.579. The van der Waals surface area contributed by atoms with E-state index >= 15 is 0 Å². The lowest BCUT2D eigenvalue weighted by atomic mass is 9.83. The summed E-state index contributed by atoms with van der Waals surface area (Å²) in [6.07, 6.45) is 6.23. The number of nitrogens with zero attached hydrogens (tertiary/aromatic N) is 1. The van der Waals surface area contributed by atoms with E-state index in [1.54, 1.807) is 18.1 Å². The number of rotatable bonds is 5. The Kier molecular flexibility index (Phi) is 7.29. The maximum Gasteiger partial charge on any atom is 0.227 e. The van der Waals surface area contributed by atoms with E-state index in [4.69, 9.17) is 10.5 Å². The number of benzene rings is 1. The van der Waals surface area contributed by atoms with Crippen LogP contribution in [0.15, 0.2) is 18.2 Å². The van der Waals surface area contributed by atoms with Crippen molar-refractivity contribution in [2.24, 2.45) is 11.7 Å². The summed E-state index contributed by atoms with van der Waals surface area (Å²) >= 11 is 0. The highest BCUT2D eigenvalue weighted by Gasteiger charge is 2.26. The van der Waals surface area contributed by atoms with Crippen molar-refractivity contribution in [3.05, 3.63) is 18.2 Å². The van der Waals surface area contributed by atoms with Gasteiger partial charge in [0, 0.05) is 37.2 Å². The third-order valence-electron chi connectivity index (χ3n) is 5.24. The Morgan fingerprint density at radius 1 is 1.31 bits per heavy atom. The molecule has 2 amide bonds. The molecular formula is C19H28ClN3O3.